The Hall–Kier alpha value is -0.120. The van der Waals surface area contributed by atoms with Gasteiger partial charge in [-0.1, -0.05) is 13.8 Å². The molecule has 1 aliphatic heterocycles. The number of rotatable bonds is 7. The molecule has 3 heteroatoms. The first-order valence-corrected chi connectivity index (χ1v) is 8.10. The molecule has 0 unspecified atom stereocenters. The third-order valence-corrected chi connectivity index (χ3v) is 4.73. The normalized spacial score (nSPS) is 23.7. The van der Waals surface area contributed by atoms with Gasteiger partial charge >= 0.3 is 0 Å². The summed E-state index contributed by atoms with van der Waals surface area (Å²) in [7, 11) is 0. The van der Waals surface area contributed by atoms with Gasteiger partial charge in [0.2, 0.25) is 0 Å². The second kappa shape index (κ2) is 6.55. The van der Waals surface area contributed by atoms with E-state index in [1.54, 1.807) is 0 Å². The lowest BCUT2D eigenvalue weighted by Gasteiger charge is -2.43. The van der Waals surface area contributed by atoms with Crippen molar-refractivity contribution in [3.8, 4) is 0 Å². The largest absolute Gasteiger partial charge is 0.380 e. The molecule has 1 heterocycles. The second-order valence-corrected chi connectivity index (χ2v) is 7.07. The standard InChI is InChI=1S/C16H32N2O/c1-14(2)5-11-19-12-10-18-9-8-17(15(3)4)13-16(18)6-7-16/h14-15H,5-13H2,1-4H3. The molecular weight excluding hydrogens is 236 g/mol. The molecule has 2 rings (SSSR count). The minimum Gasteiger partial charge on any atom is -0.380 e. The summed E-state index contributed by atoms with van der Waals surface area (Å²) in [6.45, 7) is 15.9. The first-order valence-electron chi connectivity index (χ1n) is 8.10. The zero-order valence-electron chi connectivity index (χ0n) is 13.3. The van der Waals surface area contributed by atoms with E-state index in [-0.39, 0.29) is 0 Å². The van der Waals surface area contributed by atoms with Gasteiger partial charge in [0.25, 0.3) is 0 Å². The maximum atomic E-state index is 5.79. The fraction of sp³-hybridized carbons (Fsp3) is 1.00. The van der Waals surface area contributed by atoms with Crippen molar-refractivity contribution in [1.29, 1.82) is 0 Å². The van der Waals surface area contributed by atoms with Gasteiger partial charge in [-0.25, -0.2) is 0 Å². The predicted octanol–water partition coefficient (Wildman–Crippen LogP) is 2.61. The Morgan fingerprint density at radius 1 is 1.05 bits per heavy atom. The lowest BCUT2D eigenvalue weighted by atomic mass is 10.1. The van der Waals surface area contributed by atoms with Crippen LogP contribution in [0.2, 0.25) is 0 Å². The van der Waals surface area contributed by atoms with E-state index in [2.05, 4.69) is 37.5 Å². The lowest BCUT2D eigenvalue weighted by Crippen LogP contribution is -2.57. The third kappa shape index (κ3) is 4.17. The highest BCUT2D eigenvalue weighted by Gasteiger charge is 2.50. The van der Waals surface area contributed by atoms with Crippen molar-refractivity contribution in [1.82, 2.24) is 9.80 Å². The molecule has 3 nitrogen and oxygen atoms in total. The Balaban J connectivity index is 1.68. The fourth-order valence-electron chi connectivity index (χ4n) is 3.05. The van der Waals surface area contributed by atoms with Crippen LogP contribution in [0.25, 0.3) is 0 Å². The minimum atomic E-state index is 0.518. The molecule has 0 N–H and O–H groups in total. The van der Waals surface area contributed by atoms with E-state index in [4.69, 9.17) is 4.74 Å². The number of hydrogen-bond acceptors (Lipinski definition) is 3. The maximum Gasteiger partial charge on any atom is 0.0593 e. The van der Waals surface area contributed by atoms with Gasteiger partial charge in [0, 0.05) is 44.4 Å². The Labute approximate surface area is 119 Å². The number of hydrogen-bond donors (Lipinski definition) is 0. The lowest BCUT2D eigenvalue weighted by molar-refractivity contribution is 0.0167. The van der Waals surface area contributed by atoms with E-state index in [1.165, 1.54) is 38.9 Å². The van der Waals surface area contributed by atoms with Crippen molar-refractivity contribution in [3.05, 3.63) is 0 Å². The van der Waals surface area contributed by atoms with Crippen LogP contribution >= 0.6 is 0 Å². The van der Waals surface area contributed by atoms with Crippen molar-refractivity contribution in [3.63, 3.8) is 0 Å². The van der Waals surface area contributed by atoms with Crippen molar-refractivity contribution in [2.45, 2.75) is 58.5 Å². The molecule has 0 bridgehead atoms. The first-order chi connectivity index (χ1) is 9.03. The monoisotopic (exact) mass is 268 g/mol. The van der Waals surface area contributed by atoms with Gasteiger partial charge in [0.15, 0.2) is 0 Å². The quantitative estimate of drug-likeness (QED) is 0.660. The topological polar surface area (TPSA) is 15.7 Å². The molecule has 2 fully saturated rings. The van der Waals surface area contributed by atoms with Crippen LogP contribution in [0, 0.1) is 5.92 Å². The van der Waals surface area contributed by atoms with Crippen molar-refractivity contribution in [2.24, 2.45) is 5.92 Å². The van der Waals surface area contributed by atoms with Crippen LogP contribution in [0.5, 0.6) is 0 Å². The summed E-state index contributed by atoms with van der Waals surface area (Å²) in [5, 5.41) is 0. The molecule has 0 aromatic heterocycles. The number of nitrogens with zero attached hydrogens (tertiary/aromatic N) is 2. The van der Waals surface area contributed by atoms with E-state index in [9.17, 15) is 0 Å². The van der Waals surface area contributed by atoms with Gasteiger partial charge in [-0.2, -0.15) is 0 Å². The van der Waals surface area contributed by atoms with Crippen LogP contribution in [-0.4, -0.2) is 60.8 Å². The van der Waals surface area contributed by atoms with Crippen LogP contribution < -0.4 is 0 Å². The molecule has 1 saturated carbocycles. The highest BCUT2D eigenvalue weighted by molar-refractivity contribution is 5.08. The highest BCUT2D eigenvalue weighted by Crippen LogP contribution is 2.44. The Morgan fingerprint density at radius 3 is 2.37 bits per heavy atom. The molecule has 0 radical (unpaired) electrons. The zero-order chi connectivity index (χ0) is 13.9. The van der Waals surface area contributed by atoms with Crippen LogP contribution in [0.15, 0.2) is 0 Å². The van der Waals surface area contributed by atoms with Crippen LogP contribution in [0.3, 0.4) is 0 Å². The van der Waals surface area contributed by atoms with Crippen molar-refractivity contribution < 1.29 is 4.74 Å². The smallest absolute Gasteiger partial charge is 0.0593 e. The summed E-state index contributed by atoms with van der Waals surface area (Å²) in [6.07, 6.45) is 3.97. The fourth-order valence-corrected chi connectivity index (χ4v) is 3.05. The summed E-state index contributed by atoms with van der Waals surface area (Å²) < 4.78 is 5.79. The van der Waals surface area contributed by atoms with Crippen molar-refractivity contribution >= 4 is 0 Å². The summed E-state index contributed by atoms with van der Waals surface area (Å²) >= 11 is 0. The molecule has 19 heavy (non-hydrogen) atoms. The molecule has 0 aromatic carbocycles. The minimum absolute atomic E-state index is 0.518. The van der Waals surface area contributed by atoms with Crippen LogP contribution in [0.1, 0.15) is 47.0 Å². The van der Waals surface area contributed by atoms with E-state index < -0.39 is 0 Å². The molecule has 1 spiro atoms. The van der Waals surface area contributed by atoms with Gasteiger partial charge in [0.05, 0.1) is 6.61 Å². The summed E-state index contributed by atoms with van der Waals surface area (Å²) in [5.74, 6) is 0.754. The van der Waals surface area contributed by atoms with Crippen LogP contribution in [0.4, 0.5) is 0 Å². The summed E-state index contributed by atoms with van der Waals surface area (Å²) in [4.78, 5) is 5.34. The van der Waals surface area contributed by atoms with Gasteiger partial charge < -0.3 is 4.74 Å². The molecule has 0 amide bonds. The SMILES string of the molecule is CC(C)CCOCCN1CCN(C(C)C)CC12CC2. The van der Waals surface area contributed by atoms with E-state index in [0.29, 0.717) is 11.6 Å². The summed E-state index contributed by atoms with van der Waals surface area (Å²) in [6, 6.07) is 0.696. The van der Waals surface area contributed by atoms with Gasteiger partial charge in [-0.15, -0.1) is 0 Å². The van der Waals surface area contributed by atoms with E-state index in [1.807, 2.05) is 0 Å². The average Bonchev–Trinajstić information content (AvgIpc) is 3.10. The molecule has 2 aliphatic rings. The average molecular weight is 268 g/mol. The second-order valence-electron chi connectivity index (χ2n) is 7.07. The highest BCUT2D eigenvalue weighted by atomic mass is 16.5. The first kappa shape index (κ1) is 15.3. The Morgan fingerprint density at radius 2 is 1.79 bits per heavy atom. The molecule has 0 aromatic rings. The van der Waals surface area contributed by atoms with E-state index >= 15 is 0 Å². The molecule has 0 atom stereocenters. The third-order valence-electron chi connectivity index (χ3n) is 4.73. The molecule has 112 valence electrons. The Bertz CT molecular complexity index is 274. The summed E-state index contributed by atoms with van der Waals surface area (Å²) in [5.41, 5.74) is 0.518. The Kier molecular flexibility index (Phi) is 5.27. The van der Waals surface area contributed by atoms with Crippen LogP contribution in [-0.2, 0) is 4.74 Å². The molecular formula is C16H32N2O. The van der Waals surface area contributed by atoms with Gasteiger partial charge in [-0.05, 0) is 39.0 Å². The van der Waals surface area contributed by atoms with Gasteiger partial charge in [-0.3, -0.25) is 9.80 Å². The number of ether oxygens (including phenoxy) is 1. The van der Waals surface area contributed by atoms with Gasteiger partial charge in [0.1, 0.15) is 0 Å². The zero-order valence-corrected chi connectivity index (χ0v) is 13.3. The number of piperazine rings is 1. The van der Waals surface area contributed by atoms with E-state index in [0.717, 1.165) is 25.7 Å². The predicted molar refractivity (Wildman–Crippen MR) is 80.5 cm³/mol. The molecule has 1 saturated heterocycles. The molecule has 1 aliphatic carbocycles. The maximum absolute atomic E-state index is 5.79. The van der Waals surface area contributed by atoms with Crippen molar-refractivity contribution in [2.75, 3.05) is 39.4 Å².